The van der Waals surface area contributed by atoms with Crippen LogP contribution < -0.4 is 15.8 Å². The van der Waals surface area contributed by atoms with Crippen LogP contribution >= 0.6 is 0 Å². The van der Waals surface area contributed by atoms with Crippen LogP contribution in [0.15, 0.2) is 47.3 Å². The van der Waals surface area contributed by atoms with E-state index in [2.05, 4.69) is 5.32 Å². The number of carboxylic acids is 1. The molecule has 8 nitrogen and oxygen atoms in total. The van der Waals surface area contributed by atoms with Crippen LogP contribution in [0.5, 0.6) is 5.75 Å². The third kappa shape index (κ3) is 4.55. The van der Waals surface area contributed by atoms with Crippen molar-refractivity contribution in [2.75, 3.05) is 19.0 Å². The number of hydrogen-bond donors (Lipinski definition) is 3. The maximum Gasteiger partial charge on any atom is 0.326 e. The molecule has 0 radical (unpaired) electrons. The molecule has 0 aliphatic carbocycles. The Morgan fingerprint density at radius 2 is 1.61 bits per heavy atom. The van der Waals surface area contributed by atoms with Gasteiger partial charge in [0.2, 0.25) is 0 Å². The number of fused-ring (bicyclic) bond motifs is 1. The molecule has 3 rings (SSSR count). The lowest BCUT2D eigenvalue weighted by atomic mass is 9.86. The number of amides is 1. The van der Waals surface area contributed by atoms with Gasteiger partial charge in [0, 0.05) is 32.2 Å². The average molecular weight is 452 g/mol. The molecule has 0 spiro atoms. The molecular formula is C25H29N3O5. The van der Waals surface area contributed by atoms with Crippen molar-refractivity contribution in [3.63, 3.8) is 0 Å². The minimum absolute atomic E-state index is 0.318. The number of rotatable bonds is 5. The van der Waals surface area contributed by atoms with E-state index in [0.717, 1.165) is 16.8 Å². The zero-order chi connectivity index (χ0) is 24.7. The second kappa shape index (κ2) is 8.61. The van der Waals surface area contributed by atoms with Crippen molar-refractivity contribution in [1.82, 2.24) is 9.88 Å². The standard InChI is InChI=1S/C25H29N3O5/c1-25(2,3)21(24(32)33)26-22(30)19-20(29)17-12-9-15(13-18(17)28(6)23(19)31)14-7-10-16(11-8-14)27(4)5/h7-13,21,29H,1-6H3,(H,26,30)(H,32,33). The van der Waals surface area contributed by atoms with E-state index in [0.29, 0.717) is 10.9 Å². The molecule has 3 N–H and O–H groups in total. The molecule has 1 atom stereocenters. The maximum absolute atomic E-state index is 13.0. The first kappa shape index (κ1) is 23.8. The molecule has 1 aromatic heterocycles. The lowest BCUT2D eigenvalue weighted by Gasteiger charge is -2.27. The van der Waals surface area contributed by atoms with E-state index in [1.165, 1.54) is 11.6 Å². The first-order chi connectivity index (χ1) is 15.3. The van der Waals surface area contributed by atoms with E-state index in [9.17, 15) is 24.6 Å². The van der Waals surface area contributed by atoms with Crippen molar-refractivity contribution in [2.45, 2.75) is 26.8 Å². The fourth-order valence-corrected chi connectivity index (χ4v) is 3.71. The molecule has 0 bridgehead atoms. The largest absolute Gasteiger partial charge is 0.506 e. The Morgan fingerprint density at radius 3 is 2.12 bits per heavy atom. The SMILES string of the molecule is CN(C)c1ccc(-c2ccc3c(O)c(C(=O)NC(C(=O)O)C(C)(C)C)c(=O)n(C)c3c2)cc1. The number of carbonyl (C=O) groups excluding carboxylic acids is 1. The summed E-state index contributed by atoms with van der Waals surface area (Å²) in [4.78, 5) is 39.5. The van der Waals surface area contributed by atoms with Crippen LogP contribution in [0, 0.1) is 5.41 Å². The van der Waals surface area contributed by atoms with E-state index in [-0.39, 0.29) is 0 Å². The molecule has 1 unspecified atom stereocenters. The summed E-state index contributed by atoms with van der Waals surface area (Å²) in [6.07, 6.45) is 0. The van der Waals surface area contributed by atoms with Crippen molar-refractivity contribution in [3.05, 3.63) is 58.4 Å². The van der Waals surface area contributed by atoms with E-state index in [4.69, 9.17) is 0 Å². The van der Waals surface area contributed by atoms with Crippen molar-refractivity contribution < 1.29 is 19.8 Å². The quantitative estimate of drug-likeness (QED) is 0.549. The zero-order valence-corrected chi connectivity index (χ0v) is 19.6. The Kier molecular flexibility index (Phi) is 6.22. The third-order valence-corrected chi connectivity index (χ3v) is 5.70. The van der Waals surface area contributed by atoms with E-state index >= 15 is 0 Å². The molecule has 174 valence electrons. The Balaban J connectivity index is 2.08. The topological polar surface area (TPSA) is 112 Å². The molecule has 0 saturated carbocycles. The molecule has 33 heavy (non-hydrogen) atoms. The van der Waals surface area contributed by atoms with Crippen LogP contribution in [0.1, 0.15) is 31.1 Å². The second-order valence-corrected chi connectivity index (χ2v) is 9.37. The van der Waals surface area contributed by atoms with Gasteiger partial charge in [-0.05, 0) is 40.8 Å². The van der Waals surface area contributed by atoms with Crippen LogP contribution in [0.25, 0.3) is 22.0 Å². The Morgan fingerprint density at radius 1 is 1.03 bits per heavy atom. The molecule has 0 aliphatic heterocycles. The van der Waals surface area contributed by atoms with Gasteiger partial charge in [0.05, 0.1) is 5.52 Å². The van der Waals surface area contributed by atoms with Gasteiger partial charge >= 0.3 is 5.97 Å². The van der Waals surface area contributed by atoms with Gasteiger partial charge in [-0.2, -0.15) is 0 Å². The predicted molar refractivity (Wildman–Crippen MR) is 129 cm³/mol. The van der Waals surface area contributed by atoms with Gasteiger partial charge in [0.25, 0.3) is 11.5 Å². The predicted octanol–water partition coefficient (Wildman–Crippen LogP) is 3.21. The number of hydrogen-bond acceptors (Lipinski definition) is 5. The fraction of sp³-hybridized carbons (Fsp3) is 0.320. The first-order valence-electron chi connectivity index (χ1n) is 10.5. The number of aromatic hydroxyl groups is 1. The van der Waals surface area contributed by atoms with Gasteiger partial charge in [-0.3, -0.25) is 9.59 Å². The number of pyridine rings is 1. The summed E-state index contributed by atoms with van der Waals surface area (Å²) in [7, 11) is 5.42. The second-order valence-electron chi connectivity index (χ2n) is 9.37. The van der Waals surface area contributed by atoms with Gasteiger partial charge < -0.3 is 25.0 Å². The van der Waals surface area contributed by atoms with Crippen molar-refractivity contribution >= 4 is 28.5 Å². The minimum Gasteiger partial charge on any atom is -0.506 e. The van der Waals surface area contributed by atoms with Crippen molar-refractivity contribution in [1.29, 1.82) is 0 Å². The van der Waals surface area contributed by atoms with Crippen molar-refractivity contribution in [3.8, 4) is 16.9 Å². The lowest BCUT2D eigenvalue weighted by molar-refractivity contribution is -0.142. The molecule has 2 aromatic carbocycles. The number of carboxylic acid groups (broad SMARTS) is 1. The molecule has 3 aromatic rings. The smallest absolute Gasteiger partial charge is 0.326 e. The van der Waals surface area contributed by atoms with Gasteiger partial charge in [0.1, 0.15) is 17.4 Å². The number of anilines is 1. The highest BCUT2D eigenvalue weighted by Gasteiger charge is 2.34. The summed E-state index contributed by atoms with van der Waals surface area (Å²) in [5.74, 6) is -2.63. The highest BCUT2D eigenvalue weighted by molar-refractivity contribution is 6.04. The third-order valence-electron chi connectivity index (χ3n) is 5.70. The number of benzene rings is 2. The van der Waals surface area contributed by atoms with E-state index in [1.54, 1.807) is 39.0 Å². The van der Waals surface area contributed by atoms with Crippen LogP contribution in [-0.2, 0) is 11.8 Å². The molecule has 8 heteroatoms. The zero-order valence-electron chi connectivity index (χ0n) is 19.6. The Labute approximate surface area is 192 Å². The summed E-state index contributed by atoms with van der Waals surface area (Å²) in [5, 5.41) is 23.0. The van der Waals surface area contributed by atoms with Gasteiger partial charge in [0.15, 0.2) is 0 Å². The van der Waals surface area contributed by atoms with E-state index < -0.39 is 40.2 Å². The molecule has 0 aliphatic rings. The molecular weight excluding hydrogens is 422 g/mol. The summed E-state index contributed by atoms with van der Waals surface area (Å²) in [6.45, 7) is 4.99. The van der Waals surface area contributed by atoms with E-state index in [1.807, 2.05) is 43.3 Å². The first-order valence-corrected chi connectivity index (χ1v) is 10.5. The summed E-state index contributed by atoms with van der Waals surface area (Å²) < 4.78 is 1.29. The summed E-state index contributed by atoms with van der Waals surface area (Å²) in [6, 6.07) is 11.9. The molecule has 1 amide bonds. The average Bonchev–Trinajstić information content (AvgIpc) is 2.74. The molecule has 0 saturated heterocycles. The Bertz CT molecular complexity index is 1280. The summed E-state index contributed by atoms with van der Waals surface area (Å²) in [5.41, 5.74) is 1.29. The number of nitrogens with one attached hydrogen (secondary N) is 1. The van der Waals surface area contributed by atoms with Gasteiger partial charge in [-0.25, -0.2) is 4.79 Å². The Hall–Kier alpha value is -3.81. The number of aliphatic carboxylic acids is 1. The van der Waals surface area contributed by atoms with Crippen LogP contribution in [0.4, 0.5) is 5.69 Å². The van der Waals surface area contributed by atoms with Gasteiger partial charge in [-0.1, -0.05) is 39.0 Å². The number of aromatic nitrogens is 1. The highest BCUT2D eigenvalue weighted by Crippen LogP contribution is 2.31. The van der Waals surface area contributed by atoms with Crippen LogP contribution in [0.3, 0.4) is 0 Å². The fourth-order valence-electron chi connectivity index (χ4n) is 3.71. The molecule has 0 fully saturated rings. The van der Waals surface area contributed by atoms with Crippen LogP contribution in [-0.4, -0.2) is 46.8 Å². The monoisotopic (exact) mass is 451 g/mol. The lowest BCUT2D eigenvalue weighted by Crippen LogP contribution is -2.50. The van der Waals surface area contributed by atoms with Gasteiger partial charge in [-0.15, -0.1) is 0 Å². The van der Waals surface area contributed by atoms with Crippen molar-refractivity contribution in [2.24, 2.45) is 12.5 Å². The number of nitrogens with zero attached hydrogens (tertiary/aromatic N) is 2. The minimum atomic E-state index is -1.24. The summed E-state index contributed by atoms with van der Waals surface area (Å²) >= 11 is 0. The maximum atomic E-state index is 13.0. The number of carbonyl (C=O) groups is 2. The van der Waals surface area contributed by atoms with Crippen LogP contribution in [0.2, 0.25) is 0 Å². The normalized spacial score (nSPS) is 12.4. The molecule has 1 heterocycles. The highest BCUT2D eigenvalue weighted by atomic mass is 16.4. The number of aryl methyl sites for hydroxylation is 1.